The lowest BCUT2D eigenvalue weighted by Crippen LogP contribution is -2.21. The van der Waals surface area contributed by atoms with Crippen LogP contribution in [0.1, 0.15) is 58.3 Å². The van der Waals surface area contributed by atoms with Crippen molar-refractivity contribution in [2.45, 2.75) is 33.9 Å². The van der Waals surface area contributed by atoms with Gasteiger partial charge < -0.3 is 15.8 Å². The largest absolute Gasteiger partial charge is 0.478 e. The van der Waals surface area contributed by atoms with E-state index in [1.165, 1.54) is 26.0 Å². The van der Waals surface area contributed by atoms with Gasteiger partial charge in [0.2, 0.25) is 0 Å². The second kappa shape index (κ2) is 9.12. The van der Waals surface area contributed by atoms with Crippen molar-refractivity contribution in [1.29, 1.82) is 5.41 Å². The zero-order chi connectivity index (χ0) is 21.6. The Morgan fingerprint density at radius 2 is 1.82 bits per heavy atom. The topological polar surface area (TPSA) is 103 Å². The number of nitrogens with one attached hydrogen (secondary N) is 2. The fraction of sp³-hybridized carbons (Fsp3) is 0.263. The highest BCUT2D eigenvalue weighted by Crippen LogP contribution is 2.33. The molecule has 1 aromatic carbocycles. The lowest BCUT2D eigenvalue weighted by Gasteiger charge is -2.16. The number of hydrogen-bond acceptors (Lipinski definition) is 4. The zero-order valence-corrected chi connectivity index (χ0v) is 15.7. The van der Waals surface area contributed by atoms with Gasteiger partial charge in [-0.25, -0.2) is 4.79 Å². The normalized spacial score (nSPS) is 10.5. The fourth-order valence-corrected chi connectivity index (χ4v) is 2.37. The van der Waals surface area contributed by atoms with Gasteiger partial charge in [-0.3, -0.25) is 9.78 Å². The number of halogens is 3. The summed E-state index contributed by atoms with van der Waals surface area (Å²) in [6, 6.07) is 4.39. The van der Waals surface area contributed by atoms with Crippen molar-refractivity contribution in [1.82, 2.24) is 4.98 Å². The number of rotatable bonds is 4. The van der Waals surface area contributed by atoms with Crippen LogP contribution in [0.3, 0.4) is 0 Å². The summed E-state index contributed by atoms with van der Waals surface area (Å²) in [5, 5.41) is 18.9. The molecule has 0 atom stereocenters. The van der Waals surface area contributed by atoms with Crippen molar-refractivity contribution in [3.05, 3.63) is 58.4 Å². The van der Waals surface area contributed by atoms with E-state index in [0.717, 1.165) is 18.3 Å². The van der Waals surface area contributed by atoms with Gasteiger partial charge in [-0.15, -0.1) is 0 Å². The maximum Gasteiger partial charge on any atom is 0.417 e. The Hall–Kier alpha value is -3.23. The Labute approximate surface area is 159 Å². The number of anilines is 1. The molecule has 1 aromatic heterocycles. The first-order chi connectivity index (χ1) is 13.0. The van der Waals surface area contributed by atoms with Gasteiger partial charge in [0.1, 0.15) is 5.69 Å². The number of benzene rings is 1. The van der Waals surface area contributed by atoms with E-state index in [-0.39, 0.29) is 28.2 Å². The zero-order valence-electron chi connectivity index (χ0n) is 15.7. The molecule has 150 valence electrons. The molecule has 0 unspecified atom stereocenters. The van der Waals surface area contributed by atoms with Crippen LogP contribution in [0.5, 0.6) is 0 Å². The number of carboxylic acids is 1. The van der Waals surface area contributed by atoms with E-state index in [1.54, 1.807) is 0 Å². The molecule has 0 bridgehead atoms. The number of amides is 1. The molecule has 1 amide bonds. The number of hydrogen-bond donors (Lipinski definition) is 3. The minimum Gasteiger partial charge on any atom is -0.478 e. The van der Waals surface area contributed by atoms with Crippen molar-refractivity contribution in [3.63, 3.8) is 0 Å². The van der Waals surface area contributed by atoms with Crippen LogP contribution < -0.4 is 5.32 Å². The van der Waals surface area contributed by atoms with Gasteiger partial charge >= 0.3 is 12.1 Å². The Morgan fingerprint density at radius 1 is 1.21 bits per heavy atom. The van der Waals surface area contributed by atoms with Gasteiger partial charge in [0.05, 0.1) is 28.1 Å². The Bertz CT molecular complexity index is 909. The standard InChI is InChI=1S/C17H14F3N3O3.C2H6/c1-8-4-3-5-11(17(18,19)20)13(8)15(24)23-12-6-10(16(25)26)7-22-14(12)9(2)21;1-2/h3-7,21H,1-2H3,(H,23,24)(H,25,26);1-2H3. The number of carboxylic acid groups (broad SMARTS) is 1. The van der Waals surface area contributed by atoms with Crippen LogP contribution in [0.2, 0.25) is 0 Å². The highest BCUT2D eigenvalue weighted by Gasteiger charge is 2.36. The average molecular weight is 395 g/mol. The summed E-state index contributed by atoms with van der Waals surface area (Å²) in [7, 11) is 0. The number of aryl methyl sites for hydroxylation is 1. The summed E-state index contributed by atoms with van der Waals surface area (Å²) in [5.74, 6) is -2.39. The maximum atomic E-state index is 13.2. The van der Waals surface area contributed by atoms with Crippen LogP contribution in [0.15, 0.2) is 30.5 Å². The predicted molar refractivity (Wildman–Crippen MR) is 99.2 cm³/mol. The van der Waals surface area contributed by atoms with E-state index in [9.17, 15) is 22.8 Å². The van der Waals surface area contributed by atoms with Crippen molar-refractivity contribution in [2.24, 2.45) is 0 Å². The minimum atomic E-state index is -4.74. The smallest absolute Gasteiger partial charge is 0.417 e. The molecule has 2 rings (SSSR count). The van der Waals surface area contributed by atoms with Crippen LogP contribution in [0, 0.1) is 12.3 Å². The third-order valence-electron chi connectivity index (χ3n) is 3.54. The molecule has 0 fully saturated rings. The SMILES string of the molecule is CC.CC(=N)c1ncc(C(=O)O)cc1NC(=O)c1c(C)cccc1C(F)(F)F. The molecule has 0 spiro atoms. The van der Waals surface area contributed by atoms with E-state index in [0.29, 0.717) is 0 Å². The third kappa shape index (κ3) is 5.15. The molecule has 9 heteroatoms. The number of nitrogens with zero attached hydrogens (tertiary/aromatic N) is 1. The average Bonchev–Trinajstić information content (AvgIpc) is 2.61. The molecule has 1 heterocycles. The van der Waals surface area contributed by atoms with Crippen LogP contribution in [-0.2, 0) is 6.18 Å². The van der Waals surface area contributed by atoms with Gasteiger partial charge in [-0.2, -0.15) is 13.2 Å². The predicted octanol–water partition coefficient (Wildman–Crippen LogP) is 4.77. The molecule has 2 aromatic rings. The number of aromatic nitrogens is 1. The van der Waals surface area contributed by atoms with Crippen LogP contribution in [0.25, 0.3) is 0 Å². The first-order valence-electron chi connectivity index (χ1n) is 8.29. The van der Waals surface area contributed by atoms with Gasteiger partial charge in [-0.05, 0) is 31.5 Å². The van der Waals surface area contributed by atoms with Crippen molar-refractivity contribution in [2.75, 3.05) is 5.32 Å². The summed E-state index contributed by atoms with van der Waals surface area (Å²) in [6.07, 6.45) is -3.74. The van der Waals surface area contributed by atoms with Crippen LogP contribution in [-0.4, -0.2) is 27.7 Å². The molecule has 0 radical (unpaired) electrons. The molecule has 0 saturated heterocycles. The summed E-state index contributed by atoms with van der Waals surface area (Å²) in [6.45, 7) is 6.71. The molecule has 0 aliphatic heterocycles. The quantitative estimate of drug-likeness (QED) is 0.649. The van der Waals surface area contributed by atoms with Gasteiger partial charge in [0, 0.05) is 6.20 Å². The van der Waals surface area contributed by atoms with Crippen molar-refractivity contribution >= 4 is 23.3 Å². The first kappa shape index (κ1) is 22.8. The molecule has 0 aliphatic rings. The molecule has 0 aliphatic carbocycles. The van der Waals surface area contributed by atoms with E-state index in [1.807, 2.05) is 13.8 Å². The molecule has 6 nitrogen and oxygen atoms in total. The van der Waals surface area contributed by atoms with Gasteiger partial charge in [-0.1, -0.05) is 26.0 Å². The van der Waals surface area contributed by atoms with E-state index < -0.39 is 29.2 Å². The molecule has 3 N–H and O–H groups in total. The molecule has 0 saturated carbocycles. The lowest BCUT2D eigenvalue weighted by atomic mass is 10.0. The number of carbonyl (C=O) groups excluding carboxylic acids is 1. The third-order valence-corrected chi connectivity index (χ3v) is 3.54. The highest BCUT2D eigenvalue weighted by atomic mass is 19.4. The van der Waals surface area contributed by atoms with Crippen molar-refractivity contribution in [3.8, 4) is 0 Å². The summed E-state index contributed by atoms with van der Waals surface area (Å²) < 4.78 is 39.6. The Morgan fingerprint density at radius 3 is 2.32 bits per heavy atom. The van der Waals surface area contributed by atoms with Crippen molar-refractivity contribution < 1.29 is 27.9 Å². The molecular weight excluding hydrogens is 375 g/mol. The second-order valence-electron chi connectivity index (χ2n) is 5.50. The monoisotopic (exact) mass is 395 g/mol. The molecule has 28 heavy (non-hydrogen) atoms. The number of aromatic carboxylic acids is 1. The summed E-state index contributed by atoms with van der Waals surface area (Å²) in [5.41, 5.74) is -2.12. The van der Waals surface area contributed by atoms with Crippen LogP contribution in [0.4, 0.5) is 18.9 Å². The molecular formula is C19H20F3N3O3. The second-order valence-corrected chi connectivity index (χ2v) is 5.50. The van der Waals surface area contributed by atoms with E-state index in [4.69, 9.17) is 10.5 Å². The maximum absolute atomic E-state index is 13.2. The van der Waals surface area contributed by atoms with E-state index in [2.05, 4.69) is 10.3 Å². The number of pyridine rings is 1. The van der Waals surface area contributed by atoms with Gasteiger partial charge in [0.25, 0.3) is 5.91 Å². The Balaban J connectivity index is 0.00000190. The van der Waals surface area contributed by atoms with E-state index >= 15 is 0 Å². The Kier molecular flexibility index (Phi) is 7.43. The minimum absolute atomic E-state index is 0.0366. The highest BCUT2D eigenvalue weighted by molar-refractivity contribution is 6.10. The lowest BCUT2D eigenvalue weighted by molar-refractivity contribution is -0.137. The summed E-state index contributed by atoms with van der Waals surface area (Å²) >= 11 is 0. The number of alkyl halides is 3. The first-order valence-corrected chi connectivity index (χ1v) is 8.29. The number of carbonyl (C=O) groups is 2. The van der Waals surface area contributed by atoms with Crippen LogP contribution >= 0.6 is 0 Å². The van der Waals surface area contributed by atoms with Gasteiger partial charge in [0.15, 0.2) is 0 Å². The summed E-state index contributed by atoms with van der Waals surface area (Å²) in [4.78, 5) is 27.4. The fourth-order valence-electron chi connectivity index (χ4n) is 2.37.